The number of benzene rings is 1. The van der Waals surface area contributed by atoms with Gasteiger partial charge in [0.15, 0.2) is 0 Å². The monoisotopic (exact) mass is 188 g/mol. The number of imide groups is 1. The lowest BCUT2D eigenvalue weighted by molar-refractivity contribution is -0.108. The quantitative estimate of drug-likeness (QED) is 0.692. The number of fused-ring (bicyclic) bond motifs is 1. The second-order valence-corrected chi connectivity index (χ2v) is 2.86. The zero-order valence-corrected chi connectivity index (χ0v) is 7.28. The molecule has 2 aromatic rings. The van der Waals surface area contributed by atoms with Crippen molar-refractivity contribution in [1.82, 2.24) is 10.3 Å². The van der Waals surface area contributed by atoms with Crippen LogP contribution in [0.2, 0.25) is 0 Å². The Balaban J connectivity index is 2.44. The third-order valence-electron chi connectivity index (χ3n) is 1.96. The zero-order chi connectivity index (χ0) is 9.97. The van der Waals surface area contributed by atoms with E-state index in [-0.39, 0.29) is 0 Å². The molecule has 1 heterocycles. The van der Waals surface area contributed by atoms with Gasteiger partial charge in [0, 0.05) is 10.9 Å². The Bertz CT molecular complexity index is 455. The summed E-state index contributed by atoms with van der Waals surface area (Å²) < 4.78 is 0. The Kier molecular flexibility index (Phi) is 2.02. The van der Waals surface area contributed by atoms with Crippen LogP contribution in [0.3, 0.4) is 0 Å². The van der Waals surface area contributed by atoms with E-state index in [1.54, 1.807) is 6.07 Å². The number of carbonyl (C=O) groups excluding carboxylic acids is 2. The van der Waals surface area contributed by atoms with E-state index in [1.807, 2.05) is 24.3 Å². The molecule has 0 aliphatic carbocycles. The third kappa shape index (κ3) is 1.37. The highest BCUT2D eigenvalue weighted by molar-refractivity contribution is 6.02. The zero-order valence-electron chi connectivity index (χ0n) is 7.28. The van der Waals surface area contributed by atoms with E-state index >= 15 is 0 Å². The highest BCUT2D eigenvalue weighted by Gasteiger charge is 2.07. The molecule has 0 radical (unpaired) electrons. The van der Waals surface area contributed by atoms with Gasteiger partial charge in [0.1, 0.15) is 5.69 Å². The van der Waals surface area contributed by atoms with E-state index < -0.39 is 5.91 Å². The summed E-state index contributed by atoms with van der Waals surface area (Å²) in [5.41, 5.74) is 1.27. The molecule has 0 atom stereocenters. The van der Waals surface area contributed by atoms with Crippen LogP contribution in [0.25, 0.3) is 10.9 Å². The van der Waals surface area contributed by atoms with Gasteiger partial charge in [-0.25, -0.2) is 0 Å². The number of amides is 2. The predicted octanol–water partition coefficient (Wildman–Crippen LogP) is 1.05. The molecule has 4 nitrogen and oxygen atoms in total. The molecule has 1 aromatic heterocycles. The summed E-state index contributed by atoms with van der Waals surface area (Å²) in [5, 5.41) is 3.02. The van der Waals surface area contributed by atoms with Gasteiger partial charge >= 0.3 is 0 Å². The van der Waals surface area contributed by atoms with E-state index in [1.165, 1.54) is 0 Å². The first-order valence-electron chi connectivity index (χ1n) is 4.13. The lowest BCUT2D eigenvalue weighted by Crippen LogP contribution is -2.21. The van der Waals surface area contributed by atoms with Crippen LogP contribution in [0.4, 0.5) is 0 Å². The van der Waals surface area contributed by atoms with E-state index in [0.29, 0.717) is 12.1 Å². The fraction of sp³-hybridized carbons (Fsp3) is 0. The Morgan fingerprint density at radius 2 is 2.14 bits per heavy atom. The molecular formula is C10H8N2O2. The maximum absolute atomic E-state index is 11.2. The Morgan fingerprint density at radius 3 is 2.86 bits per heavy atom. The van der Waals surface area contributed by atoms with Gasteiger partial charge in [-0.15, -0.1) is 0 Å². The summed E-state index contributed by atoms with van der Waals surface area (Å²) in [6.07, 6.45) is 0.369. The van der Waals surface area contributed by atoms with Gasteiger partial charge in [0.05, 0.1) is 0 Å². The molecule has 14 heavy (non-hydrogen) atoms. The van der Waals surface area contributed by atoms with Gasteiger partial charge in [0.2, 0.25) is 6.41 Å². The molecule has 4 heteroatoms. The van der Waals surface area contributed by atoms with Gasteiger partial charge < -0.3 is 4.98 Å². The van der Waals surface area contributed by atoms with Gasteiger partial charge in [-0.05, 0) is 12.1 Å². The van der Waals surface area contributed by atoms with Crippen molar-refractivity contribution < 1.29 is 9.59 Å². The van der Waals surface area contributed by atoms with Crippen LogP contribution >= 0.6 is 0 Å². The van der Waals surface area contributed by atoms with E-state index in [4.69, 9.17) is 0 Å². The summed E-state index contributed by atoms with van der Waals surface area (Å²) in [4.78, 5) is 24.2. The average molecular weight is 188 g/mol. The Labute approximate surface area is 79.9 Å². The molecule has 0 fully saturated rings. The van der Waals surface area contributed by atoms with Crippen molar-refractivity contribution >= 4 is 23.2 Å². The Morgan fingerprint density at radius 1 is 1.36 bits per heavy atom. The summed E-state index contributed by atoms with van der Waals surface area (Å²) in [5.74, 6) is -0.420. The average Bonchev–Trinajstić information content (AvgIpc) is 2.61. The molecule has 2 rings (SSSR count). The maximum Gasteiger partial charge on any atom is 0.274 e. The van der Waals surface area contributed by atoms with Crippen molar-refractivity contribution in [1.29, 1.82) is 0 Å². The van der Waals surface area contributed by atoms with Crippen LogP contribution in [0.5, 0.6) is 0 Å². The molecule has 0 saturated heterocycles. The number of carbonyl (C=O) groups is 2. The molecule has 0 saturated carbocycles. The van der Waals surface area contributed by atoms with Crippen LogP contribution in [-0.2, 0) is 4.79 Å². The molecule has 0 unspecified atom stereocenters. The topological polar surface area (TPSA) is 62.0 Å². The number of rotatable bonds is 2. The van der Waals surface area contributed by atoms with Gasteiger partial charge in [-0.2, -0.15) is 0 Å². The number of aromatic amines is 1. The van der Waals surface area contributed by atoms with E-state index in [2.05, 4.69) is 10.3 Å². The normalized spacial score (nSPS) is 10.0. The lowest BCUT2D eigenvalue weighted by atomic mass is 10.2. The molecule has 2 amide bonds. The highest BCUT2D eigenvalue weighted by Crippen LogP contribution is 2.14. The second-order valence-electron chi connectivity index (χ2n) is 2.86. The molecule has 70 valence electrons. The van der Waals surface area contributed by atoms with Crippen LogP contribution in [-0.4, -0.2) is 17.3 Å². The minimum atomic E-state index is -0.420. The minimum Gasteiger partial charge on any atom is -0.351 e. The largest absolute Gasteiger partial charge is 0.351 e. The van der Waals surface area contributed by atoms with Crippen molar-refractivity contribution in [3.63, 3.8) is 0 Å². The van der Waals surface area contributed by atoms with Crippen molar-refractivity contribution in [2.75, 3.05) is 0 Å². The number of H-pyrrole nitrogens is 1. The fourth-order valence-electron chi connectivity index (χ4n) is 1.33. The van der Waals surface area contributed by atoms with Crippen LogP contribution in [0.15, 0.2) is 30.3 Å². The van der Waals surface area contributed by atoms with E-state index in [9.17, 15) is 9.59 Å². The minimum absolute atomic E-state index is 0.369. The standard InChI is InChI=1S/C10H8N2O2/c13-6-11-10(14)9-5-7-3-1-2-4-8(7)12-9/h1-6,12H,(H,11,13,14). The van der Waals surface area contributed by atoms with E-state index in [0.717, 1.165) is 10.9 Å². The summed E-state index contributed by atoms with van der Waals surface area (Å²) in [6, 6.07) is 9.22. The summed E-state index contributed by atoms with van der Waals surface area (Å²) in [6.45, 7) is 0. The molecule has 0 aliphatic heterocycles. The predicted molar refractivity (Wildman–Crippen MR) is 51.8 cm³/mol. The van der Waals surface area contributed by atoms with Crippen LogP contribution in [0, 0.1) is 0 Å². The molecular weight excluding hydrogens is 180 g/mol. The molecule has 0 aliphatic rings. The smallest absolute Gasteiger partial charge is 0.274 e. The van der Waals surface area contributed by atoms with Crippen LogP contribution in [0.1, 0.15) is 10.5 Å². The molecule has 2 N–H and O–H groups in total. The van der Waals surface area contributed by atoms with Gasteiger partial charge in [-0.3, -0.25) is 14.9 Å². The van der Waals surface area contributed by atoms with Crippen molar-refractivity contribution in [2.45, 2.75) is 0 Å². The number of para-hydroxylation sites is 1. The third-order valence-corrected chi connectivity index (χ3v) is 1.96. The number of hydrogen-bond donors (Lipinski definition) is 2. The summed E-state index contributed by atoms with van der Waals surface area (Å²) in [7, 11) is 0. The Hall–Kier alpha value is -2.10. The number of aromatic nitrogens is 1. The SMILES string of the molecule is O=CNC(=O)c1cc2ccccc2[nH]1. The fourth-order valence-corrected chi connectivity index (χ4v) is 1.33. The molecule has 0 spiro atoms. The van der Waals surface area contributed by atoms with Crippen molar-refractivity contribution in [3.8, 4) is 0 Å². The first-order valence-corrected chi connectivity index (χ1v) is 4.13. The lowest BCUT2D eigenvalue weighted by Gasteiger charge is -1.91. The van der Waals surface area contributed by atoms with Gasteiger partial charge in [0.25, 0.3) is 5.91 Å². The maximum atomic E-state index is 11.2. The first kappa shape index (κ1) is 8.50. The van der Waals surface area contributed by atoms with Crippen LogP contribution < -0.4 is 5.32 Å². The van der Waals surface area contributed by atoms with Crippen molar-refractivity contribution in [3.05, 3.63) is 36.0 Å². The summed E-state index contributed by atoms with van der Waals surface area (Å²) >= 11 is 0. The van der Waals surface area contributed by atoms with Crippen molar-refractivity contribution in [2.24, 2.45) is 0 Å². The molecule has 0 bridgehead atoms. The van der Waals surface area contributed by atoms with Gasteiger partial charge in [-0.1, -0.05) is 18.2 Å². The number of nitrogens with one attached hydrogen (secondary N) is 2. The first-order chi connectivity index (χ1) is 6.81. The highest BCUT2D eigenvalue weighted by atomic mass is 16.2. The molecule has 1 aromatic carbocycles. The second kappa shape index (κ2) is 3.33. The number of hydrogen-bond acceptors (Lipinski definition) is 2.